The van der Waals surface area contributed by atoms with Crippen LogP contribution in [-0.4, -0.2) is 58.0 Å². The van der Waals surface area contributed by atoms with Crippen molar-refractivity contribution in [3.05, 3.63) is 18.2 Å². The zero-order valence-corrected chi connectivity index (χ0v) is 12.6. The lowest BCUT2D eigenvalue weighted by molar-refractivity contribution is -0.167. The van der Waals surface area contributed by atoms with Crippen LogP contribution in [0.1, 0.15) is 6.42 Å². The third-order valence-corrected chi connectivity index (χ3v) is 3.43. The zero-order chi connectivity index (χ0) is 15.2. The van der Waals surface area contributed by atoms with Crippen LogP contribution >= 0.6 is 0 Å². The Morgan fingerprint density at radius 3 is 2.14 bits per heavy atom. The molecule has 1 aliphatic carbocycles. The number of hydrogen-bond donors (Lipinski definition) is 1. The van der Waals surface area contributed by atoms with Crippen LogP contribution in [0, 0.1) is 0 Å². The number of aliphatic hydroxyl groups excluding tert-OH is 1. The fraction of sp³-hybridized carbons (Fsp3) is 0.600. The van der Waals surface area contributed by atoms with Crippen molar-refractivity contribution in [3.8, 4) is 17.2 Å². The Balaban J connectivity index is 1.97. The predicted octanol–water partition coefficient (Wildman–Crippen LogP) is 1.25. The van der Waals surface area contributed by atoms with Gasteiger partial charge >= 0.3 is 0 Å². The molecule has 1 fully saturated rings. The molecule has 6 nitrogen and oxygen atoms in total. The summed E-state index contributed by atoms with van der Waals surface area (Å²) in [7, 11) is 4.78. The monoisotopic (exact) mass is 298 g/mol. The summed E-state index contributed by atoms with van der Waals surface area (Å²) in [5.41, 5.74) is 0. The number of methoxy groups -OCH3 is 3. The summed E-state index contributed by atoms with van der Waals surface area (Å²) in [4.78, 5) is 0. The van der Waals surface area contributed by atoms with Crippen LogP contribution < -0.4 is 14.2 Å². The Bertz CT molecular complexity index is 428. The van der Waals surface area contributed by atoms with E-state index >= 15 is 0 Å². The average Bonchev–Trinajstić information content (AvgIpc) is 2.50. The van der Waals surface area contributed by atoms with Crippen LogP contribution in [0.4, 0.5) is 0 Å². The summed E-state index contributed by atoms with van der Waals surface area (Å²) in [5.74, 6) is 1.94. The third kappa shape index (κ3) is 4.00. The lowest BCUT2D eigenvalue weighted by atomic mass is 9.88. The molecular weight excluding hydrogens is 276 g/mol. The van der Waals surface area contributed by atoms with Gasteiger partial charge in [0.05, 0.1) is 33.5 Å². The molecule has 118 valence electrons. The number of aliphatic hydroxyl groups is 1. The second-order valence-corrected chi connectivity index (χ2v) is 4.84. The van der Waals surface area contributed by atoms with E-state index in [1.165, 1.54) is 0 Å². The number of benzene rings is 1. The van der Waals surface area contributed by atoms with Gasteiger partial charge in [-0.1, -0.05) is 0 Å². The quantitative estimate of drug-likeness (QED) is 0.729. The van der Waals surface area contributed by atoms with Crippen LogP contribution in [0.2, 0.25) is 0 Å². The van der Waals surface area contributed by atoms with Crippen molar-refractivity contribution < 1.29 is 28.8 Å². The van der Waals surface area contributed by atoms with Gasteiger partial charge in [-0.2, -0.15) is 0 Å². The summed E-state index contributed by atoms with van der Waals surface area (Å²) >= 11 is 0. The Morgan fingerprint density at radius 2 is 1.62 bits per heavy atom. The van der Waals surface area contributed by atoms with Crippen molar-refractivity contribution in [2.45, 2.75) is 24.7 Å². The molecule has 0 saturated heterocycles. The zero-order valence-electron chi connectivity index (χ0n) is 12.6. The lowest BCUT2D eigenvalue weighted by Gasteiger charge is -2.40. The largest absolute Gasteiger partial charge is 0.496 e. The van der Waals surface area contributed by atoms with Crippen molar-refractivity contribution in [2.24, 2.45) is 0 Å². The molecule has 1 saturated carbocycles. The highest BCUT2D eigenvalue weighted by atomic mass is 16.6. The highest BCUT2D eigenvalue weighted by Crippen LogP contribution is 2.33. The molecule has 0 amide bonds. The molecule has 0 bridgehead atoms. The van der Waals surface area contributed by atoms with E-state index in [0.717, 1.165) is 0 Å². The molecule has 0 spiro atoms. The van der Waals surface area contributed by atoms with Gasteiger partial charge in [0, 0.05) is 31.7 Å². The van der Waals surface area contributed by atoms with Gasteiger partial charge in [-0.3, -0.25) is 0 Å². The van der Waals surface area contributed by atoms with E-state index in [-0.39, 0.29) is 12.2 Å². The van der Waals surface area contributed by atoms with Crippen molar-refractivity contribution >= 4 is 0 Å². The molecular formula is C15H22O6. The van der Waals surface area contributed by atoms with Crippen LogP contribution in [0.15, 0.2) is 18.2 Å². The van der Waals surface area contributed by atoms with Crippen molar-refractivity contribution in [2.75, 3.05) is 34.5 Å². The van der Waals surface area contributed by atoms with Crippen molar-refractivity contribution in [1.29, 1.82) is 0 Å². The van der Waals surface area contributed by atoms with Gasteiger partial charge in [0.25, 0.3) is 0 Å². The van der Waals surface area contributed by atoms with Gasteiger partial charge in [-0.25, -0.2) is 0 Å². The fourth-order valence-corrected chi connectivity index (χ4v) is 2.18. The minimum atomic E-state index is -0.501. The molecule has 6 heteroatoms. The van der Waals surface area contributed by atoms with Gasteiger partial charge in [-0.05, 0) is 0 Å². The molecule has 3 atom stereocenters. The number of ether oxygens (including phenoxy) is 5. The van der Waals surface area contributed by atoms with Crippen LogP contribution in [0.3, 0.4) is 0 Å². The highest BCUT2D eigenvalue weighted by Gasteiger charge is 2.43. The van der Waals surface area contributed by atoms with Crippen LogP contribution in [0.5, 0.6) is 17.2 Å². The van der Waals surface area contributed by atoms with Crippen LogP contribution in [-0.2, 0) is 9.47 Å². The first-order chi connectivity index (χ1) is 10.2. The molecule has 0 aliphatic heterocycles. The molecule has 1 aromatic rings. The molecule has 3 unspecified atom stereocenters. The molecule has 1 N–H and O–H groups in total. The Kier molecular flexibility index (Phi) is 5.67. The number of hydrogen-bond acceptors (Lipinski definition) is 6. The Labute approximate surface area is 124 Å². The molecule has 1 aliphatic rings. The number of rotatable bonds is 8. The Morgan fingerprint density at radius 1 is 1.00 bits per heavy atom. The van der Waals surface area contributed by atoms with E-state index in [9.17, 15) is 5.11 Å². The van der Waals surface area contributed by atoms with Crippen molar-refractivity contribution in [1.82, 2.24) is 0 Å². The third-order valence-electron chi connectivity index (χ3n) is 3.43. The van der Waals surface area contributed by atoms with Gasteiger partial charge in [0.1, 0.15) is 29.5 Å². The maximum atomic E-state index is 9.76. The minimum absolute atomic E-state index is 0.186. The van der Waals surface area contributed by atoms with E-state index in [0.29, 0.717) is 36.9 Å². The first-order valence-corrected chi connectivity index (χ1v) is 6.86. The van der Waals surface area contributed by atoms with E-state index in [1.54, 1.807) is 39.5 Å². The SMILES string of the molecule is COCCOC1C(O)CC1Oc1cc(OC)cc(OC)c1. The van der Waals surface area contributed by atoms with Gasteiger partial charge in [0.2, 0.25) is 0 Å². The summed E-state index contributed by atoms with van der Waals surface area (Å²) in [6.07, 6.45) is -0.484. The van der Waals surface area contributed by atoms with E-state index in [1.807, 2.05) is 0 Å². The summed E-state index contributed by atoms with van der Waals surface area (Å²) < 4.78 is 26.8. The summed E-state index contributed by atoms with van der Waals surface area (Å²) in [5, 5.41) is 9.76. The first kappa shape index (κ1) is 15.9. The molecule has 0 radical (unpaired) electrons. The summed E-state index contributed by atoms with van der Waals surface area (Å²) in [6, 6.07) is 5.33. The topological polar surface area (TPSA) is 66.4 Å². The first-order valence-electron chi connectivity index (χ1n) is 6.86. The minimum Gasteiger partial charge on any atom is -0.496 e. The fourth-order valence-electron chi connectivity index (χ4n) is 2.18. The normalized spacial score (nSPS) is 24.3. The van der Waals surface area contributed by atoms with Crippen molar-refractivity contribution in [3.63, 3.8) is 0 Å². The highest BCUT2D eigenvalue weighted by molar-refractivity contribution is 5.42. The lowest BCUT2D eigenvalue weighted by Crippen LogP contribution is -2.55. The maximum Gasteiger partial charge on any atom is 0.130 e. The molecule has 21 heavy (non-hydrogen) atoms. The maximum absolute atomic E-state index is 9.76. The second-order valence-electron chi connectivity index (χ2n) is 4.84. The van der Waals surface area contributed by atoms with Gasteiger partial charge < -0.3 is 28.8 Å². The van der Waals surface area contributed by atoms with E-state index in [2.05, 4.69) is 0 Å². The molecule has 2 rings (SSSR count). The van der Waals surface area contributed by atoms with E-state index in [4.69, 9.17) is 23.7 Å². The van der Waals surface area contributed by atoms with Gasteiger partial charge in [0.15, 0.2) is 0 Å². The average molecular weight is 298 g/mol. The molecule has 0 aromatic heterocycles. The summed E-state index contributed by atoms with van der Waals surface area (Å²) in [6.45, 7) is 0.919. The Hall–Kier alpha value is -1.50. The van der Waals surface area contributed by atoms with Crippen LogP contribution in [0.25, 0.3) is 0 Å². The van der Waals surface area contributed by atoms with Gasteiger partial charge in [-0.15, -0.1) is 0 Å². The molecule has 1 aromatic carbocycles. The smallest absolute Gasteiger partial charge is 0.130 e. The predicted molar refractivity (Wildman–Crippen MR) is 76.2 cm³/mol. The second kappa shape index (κ2) is 7.49. The van der Waals surface area contributed by atoms with E-state index < -0.39 is 6.10 Å². The standard InChI is InChI=1S/C15H22O6/c1-17-4-5-20-15-13(16)9-14(15)21-12-7-10(18-2)6-11(8-12)19-3/h6-8,13-16H,4-5,9H2,1-3H3. The molecule has 0 heterocycles.